The first-order valence-electron chi connectivity index (χ1n) is 15.6. The van der Waals surface area contributed by atoms with Gasteiger partial charge < -0.3 is 40.6 Å². The number of carbonyl (C=O) groups is 2. The third-order valence-electron chi connectivity index (χ3n) is 7.57. The van der Waals surface area contributed by atoms with E-state index in [9.17, 15) is 14.0 Å². The number of nitrogens with two attached hydrogens (primary N) is 1. The molecule has 0 saturated heterocycles. The van der Waals surface area contributed by atoms with Crippen molar-refractivity contribution in [2.45, 2.75) is 38.2 Å². The zero-order valence-electron chi connectivity index (χ0n) is 26.2. The molecule has 1 saturated carbocycles. The number of benzene rings is 1. The first-order valence-corrected chi connectivity index (χ1v) is 16.8. The number of ether oxygens (including phenoxy) is 4. The number of primary amides is 1. The van der Waals surface area contributed by atoms with Crippen LogP contribution in [0.25, 0.3) is 0 Å². The van der Waals surface area contributed by atoms with Crippen LogP contribution >= 0.6 is 22.9 Å². The summed E-state index contributed by atoms with van der Waals surface area (Å²) in [5, 5.41) is 11.8. The van der Waals surface area contributed by atoms with E-state index in [1.54, 1.807) is 18.3 Å². The van der Waals surface area contributed by atoms with Gasteiger partial charge in [-0.05, 0) is 49.9 Å². The lowest BCUT2D eigenvalue weighted by Gasteiger charge is -2.39. The minimum Gasteiger partial charge on any atom is -0.487 e. The number of pyridine rings is 1. The van der Waals surface area contributed by atoms with Crippen LogP contribution in [0.4, 0.5) is 15.3 Å². The Morgan fingerprint density at radius 2 is 1.70 bits per heavy atom. The lowest BCUT2D eigenvalue weighted by Crippen LogP contribution is -2.47. The summed E-state index contributed by atoms with van der Waals surface area (Å²) >= 11 is 7.42. The number of hydrogen-bond donors (Lipinski definition) is 4. The molecule has 15 heteroatoms. The second kappa shape index (κ2) is 19.4. The molecule has 0 spiro atoms. The summed E-state index contributed by atoms with van der Waals surface area (Å²) in [5.41, 5.74) is 5.11. The van der Waals surface area contributed by atoms with Crippen LogP contribution in [0, 0.1) is 11.2 Å². The number of hydrogen-bond acceptors (Lipinski definition) is 11. The molecule has 3 aromatic rings. The maximum absolute atomic E-state index is 14.5. The van der Waals surface area contributed by atoms with Crippen LogP contribution in [0.5, 0.6) is 5.75 Å². The normalized spacial score (nSPS) is 17.7. The van der Waals surface area contributed by atoms with Gasteiger partial charge in [-0.3, -0.25) is 9.59 Å². The third kappa shape index (κ3) is 12.3. The van der Waals surface area contributed by atoms with Gasteiger partial charge in [0.15, 0.2) is 16.7 Å². The van der Waals surface area contributed by atoms with E-state index in [-0.39, 0.29) is 29.3 Å². The largest absolute Gasteiger partial charge is 0.487 e. The SMILES string of the molecule is NC(=O)CNCCOCCOCCOCCNC(=O)[C@]1(Cc2cccc(Nc3nccs3)n2)CC[C@@H](Oc2cccc(Cl)c2F)CC1. The summed E-state index contributed by atoms with van der Waals surface area (Å²) in [5.74, 6) is -0.297. The fourth-order valence-corrected chi connectivity index (χ4v) is 5.91. The zero-order valence-corrected chi connectivity index (χ0v) is 27.8. The summed E-state index contributed by atoms with van der Waals surface area (Å²) in [4.78, 5) is 33.4. The van der Waals surface area contributed by atoms with Gasteiger partial charge in [0, 0.05) is 36.8 Å². The van der Waals surface area contributed by atoms with Crippen LogP contribution in [0.2, 0.25) is 5.02 Å². The number of halogens is 2. The van der Waals surface area contributed by atoms with Gasteiger partial charge in [0.1, 0.15) is 5.82 Å². The Morgan fingerprint density at radius 1 is 1.00 bits per heavy atom. The first kappa shape index (κ1) is 36.4. The molecule has 5 N–H and O–H groups in total. The summed E-state index contributed by atoms with van der Waals surface area (Å²) in [7, 11) is 0. The van der Waals surface area contributed by atoms with E-state index in [2.05, 4.69) is 20.9 Å². The van der Waals surface area contributed by atoms with E-state index >= 15 is 0 Å². The molecule has 0 atom stereocenters. The molecule has 47 heavy (non-hydrogen) atoms. The average Bonchev–Trinajstić information content (AvgIpc) is 3.57. The molecular weight excluding hydrogens is 651 g/mol. The smallest absolute Gasteiger partial charge is 0.231 e. The molecule has 0 unspecified atom stereocenters. The molecule has 2 amide bonds. The highest BCUT2D eigenvalue weighted by Gasteiger charge is 2.43. The van der Waals surface area contributed by atoms with Gasteiger partial charge in [-0.15, -0.1) is 11.3 Å². The second-order valence-corrected chi connectivity index (χ2v) is 12.3. The Bertz CT molecular complexity index is 1400. The van der Waals surface area contributed by atoms with Crippen LogP contribution in [0.1, 0.15) is 31.4 Å². The van der Waals surface area contributed by atoms with Crippen molar-refractivity contribution in [1.82, 2.24) is 20.6 Å². The summed E-state index contributed by atoms with van der Waals surface area (Å²) in [6, 6.07) is 10.4. The van der Waals surface area contributed by atoms with E-state index in [1.165, 1.54) is 17.4 Å². The van der Waals surface area contributed by atoms with Crippen molar-refractivity contribution < 1.29 is 32.9 Å². The van der Waals surface area contributed by atoms with Gasteiger partial charge in [0.05, 0.1) is 62.7 Å². The van der Waals surface area contributed by atoms with Gasteiger partial charge in [0.25, 0.3) is 0 Å². The van der Waals surface area contributed by atoms with Crippen molar-refractivity contribution in [3.05, 3.63) is 64.5 Å². The topological polar surface area (TPSA) is 159 Å². The highest BCUT2D eigenvalue weighted by Crippen LogP contribution is 2.41. The van der Waals surface area contributed by atoms with E-state index < -0.39 is 17.1 Å². The van der Waals surface area contributed by atoms with Gasteiger partial charge in [-0.2, -0.15) is 0 Å². The lowest BCUT2D eigenvalue weighted by atomic mass is 9.69. The maximum atomic E-state index is 14.5. The number of thiazole rings is 1. The first-order chi connectivity index (χ1) is 22.8. The van der Waals surface area contributed by atoms with Crippen LogP contribution < -0.4 is 26.4 Å². The molecule has 0 radical (unpaired) electrons. The predicted octanol–water partition coefficient (Wildman–Crippen LogP) is 3.87. The molecule has 4 rings (SSSR count). The van der Waals surface area contributed by atoms with E-state index in [0.717, 1.165) is 10.8 Å². The molecule has 0 aliphatic heterocycles. The standard InChI is InChI=1S/C32H42ClFN6O6S/c33-25-4-2-5-26(29(25)34)46-24-7-9-32(10-8-24,21-23-3-1-6-28(39-23)40-31-38-13-20-47-31)30(42)37-12-15-44-17-19-45-18-16-43-14-11-36-22-27(35)41/h1-6,13,20,24,36H,7-12,14-19,21-22H2,(H2,35,41)(H,37,42)(H,38,39,40)/t24-,32-. The number of carbonyl (C=O) groups excluding carboxylic acids is 2. The number of aromatic nitrogens is 2. The van der Waals surface area contributed by atoms with E-state index in [1.807, 2.05) is 23.6 Å². The van der Waals surface area contributed by atoms with Crippen molar-refractivity contribution in [3.8, 4) is 5.75 Å². The zero-order chi connectivity index (χ0) is 33.3. The maximum Gasteiger partial charge on any atom is 0.231 e. The van der Waals surface area contributed by atoms with Crippen molar-refractivity contribution in [2.24, 2.45) is 11.1 Å². The fourth-order valence-electron chi connectivity index (χ4n) is 5.21. The van der Waals surface area contributed by atoms with Gasteiger partial charge in [-0.1, -0.05) is 23.7 Å². The van der Waals surface area contributed by atoms with Crippen LogP contribution in [-0.4, -0.2) is 87.2 Å². The van der Waals surface area contributed by atoms with Crippen LogP contribution in [-0.2, 0) is 30.2 Å². The molecule has 12 nitrogen and oxygen atoms in total. The number of anilines is 2. The molecule has 2 aromatic heterocycles. The Balaban J connectivity index is 1.24. The highest BCUT2D eigenvalue weighted by molar-refractivity contribution is 7.13. The summed E-state index contributed by atoms with van der Waals surface area (Å²) in [6.07, 6.45) is 4.11. The van der Waals surface area contributed by atoms with Gasteiger partial charge >= 0.3 is 0 Å². The molecule has 2 heterocycles. The Kier molecular flexibility index (Phi) is 15.1. The summed E-state index contributed by atoms with van der Waals surface area (Å²) < 4.78 is 37.0. The molecule has 1 aromatic carbocycles. The van der Waals surface area contributed by atoms with E-state index in [0.29, 0.717) is 90.7 Å². The molecule has 1 aliphatic carbocycles. The molecule has 1 fully saturated rings. The molecule has 256 valence electrons. The average molecular weight is 693 g/mol. The van der Waals surface area contributed by atoms with Crippen molar-refractivity contribution in [2.75, 3.05) is 64.6 Å². The fraction of sp³-hybridized carbons (Fsp3) is 0.500. The van der Waals surface area contributed by atoms with Crippen molar-refractivity contribution >= 4 is 45.7 Å². The van der Waals surface area contributed by atoms with Crippen LogP contribution in [0.3, 0.4) is 0 Å². The van der Waals surface area contributed by atoms with Crippen molar-refractivity contribution in [3.63, 3.8) is 0 Å². The monoisotopic (exact) mass is 692 g/mol. The molecule has 1 aliphatic rings. The lowest BCUT2D eigenvalue weighted by molar-refractivity contribution is -0.134. The second-order valence-electron chi connectivity index (χ2n) is 11.0. The van der Waals surface area contributed by atoms with Gasteiger partial charge in [-0.25, -0.2) is 14.4 Å². The molecule has 0 bridgehead atoms. The minimum absolute atomic E-state index is 0.00935. The summed E-state index contributed by atoms with van der Waals surface area (Å²) in [6.45, 7) is 3.40. The Labute approximate surface area is 282 Å². The predicted molar refractivity (Wildman–Crippen MR) is 178 cm³/mol. The van der Waals surface area contributed by atoms with Crippen LogP contribution in [0.15, 0.2) is 48.0 Å². The van der Waals surface area contributed by atoms with Gasteiger partial charge in [0.2, 0.25) is 11.8 Å². The number of nitrogens with zero attached hydrogens (tertiary/aromatic N) is 2. The number of nitrogens with one attached hydrogen (secondary N) is 3. The highest BCUT2D eigenvalue weighted by atomic mass is 35.5. The minimum atomic E-state index is -0.724. The van der Waals surface area contributed by atoms with Crippen molar-refractivity contribution in [1.29, 1.82) is 0 Å². The Hall–Kier alpha value is -3.40. The van der Waals surface area contributed by atoms with E-state index in [4.69, 9.17) is 41.3 Å². The number of amides is 2. The third-order valence-corrected chi connectivity index (χ3v) is 8.55. The quantitative estimate of drug-likeness (QED) is 0.121. The number of rotatable bonds is 21. The Morgan fingerprint density at radius 3 is 2.40 bits per heavy atom. The molecular formula is C32H42ClFN6O6S.